The molecule has 1 N–H and O–H groups in total. The van der Waals surface area contributed by atoms with E-state index in [0.717, 1.165) is 40.2 Å². The van der Waals surface area contributed by atoms with Gasteiger partial charge in [-0.1, -0.05) is 11.6 Å². The van der Waals surface area contributed by atoms with Crippen molar-refractivity contribution in [3.8, 4) is 28.4 Å². The van der Waals surface area contributed by atoms with E-state index in [1.165, 1.54) is 0 Å². The number of methoxy groups -OCH3 is 1. The number of carbonyl (C=O) groups is 1. The summed E-state index contributed by atoms with van der Waals surface area (Å²) in [4.78, 5) is 10.7. The largest absolute Gasteiger partial charge is 0.497 e. The molecule has 5 heteroatoms. The molecule has 0 saturated heterocycles. The smallest absolute Gasteiger partial charge is 0.306 e. The second-order valence-electron chi connectivity index (χ2n) is 5.75. The lowest BCUT2D eigenvalue weighted by Gasteiger charge is -2.16. The molecule has 0 bridgehead atoms. The molecule has 0 atom stereocenters. The fourth-order valence-electron chi connectivity index (χ4n) is 2.83. The van der Waals surface area contributed by atoms with Crippen LogP contribution in [0.15, 0.2) is 30.3 Å². The van der Waals surface area contributed by atoms with Crippen LogP contribution in [0.5, 0.6) is 17.2 Å². The van der Waals surface area contributed by atoms with Crippen molar-refractivity contribution >= 4 is 5.97 Å². The Bertz CT molecular complexity index is 767. The molecule has 5 nitrogen and oxygen atoms in total. The van der Waals surface area contributed by atoms with E-state index >= 15 is 0 Å². The molecular formula is C19H20O5. The van der Waals surface area contributed by atoms with E-state index in [1.54, 1.807) is 7.11 Å². The van der Waals surface area contributed by atoms with E-state index in [-0.39, 0.29) is 13.0 Å². The van der Waals surface area contributed by atoms with Crippen molar-refractivity contribution in [1.82, 2.24) is 0 Å². The lowest BCUT2D eigenvalue weighted by molar-refractivity contribution is -0.137. The van der Waals surface area contributed by atoms with Crippen LogP contribution < -0.4 is 14.2 Å². The van der Waals surface area contributed by atoms with Crippen LogP contribution in [0.1, 0.15) is 17.5 Å². The number of benzene rings is 2. The first-order chi connectivity index (χ1) is 11.6. The molecule has 0 spiro atoms. The molecule has 0 unspecified atom stereocenters. The average molecular weight is 328 g/mol. The van der Waals surface area contributed by atoms with Gasteiger partial charge in [0.1, 0.15) is 17.2 Å². The average Bonchev–Trinajstić information content (AvgIpc) is 3.03. The Balaban J connectivity index is 2.04. The summed E-state index contributed by atoms with van der Waals surface area (Å²) in [6.45, 7) is 2.78. The quantitative estimate of drug-likeness (QED) is 0.880. The minimum atomic E-state index is -0.880. The van der Waals surface area contributed by atoms with Crippen LogP contribution >= 0.6 is 0 Å². The number of carboxylic acids is 1. The highest BCUT2D eigenvalue weighted by Gasteiger charge is 2.21. The first kappa shape index (κ1) is 16.2. The van der Waals surface area contributed by atoms with Crippen molar-refractivity contribution in [3.63, 3.8) is 0 Å². The highest BCUT2D eigenvalue weighted by Crippen LogP contribution is 2.43. The summed E-state index contributed by atoms with van der Waals surface area (Å²) in [6, 6.07) is 9.76. The number of rotatable bonds is 6. The number of aryl methyl sites for hydroxylation is 1. The van der Waals surface area contributed by atoms with Crippen molar-refractivity contribution in [2.45, 2.75) is 19.8 Å². The van der Waals surface area contributed by atoms with Gasteiger partial charge in [-0.15, -0.1) is 0 Å². The molecule has 24 heavy (non-hydrogen) atoms. The molecule has 0 aliphatic carbocycles. The van der Waals surface area contributed by atoms with Gasteiger partial charge in [0, 0.05) is 23.1 Å². The van der Waals surface area contributed by atoms with Gasteiger partial charge in [0.2, 0.25) is 0 Å². The van der Waals surface area contributed by atoms with Gasteiger partial charge >= 0.3 is 5.97 Å². The maximum absolute atomic E-state index is 10.7. The molecule has 2 aromatic rings. The van der Waals surface area contributed by atoms with Crippen LogP contribution in [0.3, 0.4) is 0 Å². The number of hydrogen-bond acceptors (Lipinski definition) is 4. The Morgan fingerprint density at radius 2 is 2.08 bits per heavy atom. The first-order valence-corrected chi connectivity index (χ1v) is 7.88. The zero-order valence-corrected chi connectivity index (χ0v) is 13.8. The minimum absolute atomic E-state index is 0.0416. The predicted octanol–water partition coefficient (Wildman–Crippen LogP) is 3.46. The number of hydrogen-bond donors (Lipinski definition) is 1. The Morgan fingerprint density at radius 1 is 1.25 bits per heavy atom. The number of ether oxygens (including phenoxy) is 3. The molecule has 3 rings (SSSR count). The minimum Gasteiger partial charge on any atom is -0.497 e. The van der Waals surface area contributed by atoms with Crippen molar-refractivity contribution in [3.05, 3.63) is 41.5 Å². The van der Waals surface area contributed by atoms with E-state index in [4.69, 9.17) is 19.3 Å². The third-order valence-electron chi connectivity index (χ3n) is 3.99. The van der Waals surface area contributed by atoms with Gasteiger partial charge in [0.05, 0.1) is 26.7 Å². The van der Waals surface area contributed by atoms with Gasteiger partial charge in [-0.2, -0.15) is 0 Å². The highest BCUT2D eigenvalue weighted by molar-refractivity contribution is 5.79. The lowest BCUT2D eigenvalue weighted by atomic mass is 9.98. The predicted molar refractivity (Wildman–Crippen MR) is 90.1 cm³/mol. The van der Waals surface area contributed by atoms with Crippen LogP contribution in [0.25, 0.3) is 11.1 Å². The van der Waals surface area contributed by atoms with Crippen molar-refractivity contribution in [2.24, 2.45) is 0 Å². The Labute approximate surface area is 140 Å². The van der Waals surface area contributed by atoms with E-state index in [1.807, 2.05) is 37.3 Å². The number of aliphatic carboxylic acids is 1. The molecule has 126 valence electrons. The summed E-state index contributed by atoms with van der Waals surface area (Å²) in [5.74, 6) is 1.39. The van der Waals surface area contributed by atoms with Crippen molar-refractivity contribution in [1.29, 1.82) is 0 Å². The Morgan fingerprint density at radius 3 is 2.83 bits per heavy atom. The van der Waals surface area contributed by atoms with Crippen molar-refractivity contribution in [2.75, 3.05) is 20.3 Å². The van der Waals surface area contributed by atoms with Crippen LogP contribution in [-0.4, -0.2) is 31.4 Å². The van der Waals surface area contributed by atoms with Crippen molar-refractivity contribution < 1.29 is 24.1 Å². The second-order valence-corrected chi connectivity index (χ2v) is 5.75. The maximum Gasteiger partial charge on any atom is 0.306 e. The topological polar surface area (TPSA) is 65.0 Å². The molecule has 0 aromatic heterocycles. The molecule has 0 amide bonds. The molecule has 0 fully saturated rings. The monoisotopic (exact) mass is 328 g/mol. The first-order valence-electron chi connectivity index (χ1n) is 7.88. The Hall–Kier alpha value is -2.69. The van der Waals surface area contributed by atoms with Crippen LogP contribution in [0.2, 0.25) is 0 Å². The van der Waals surface area contributed by atoms with Gasteiger partial charge in [0.25, 0.3) is 0 Å². The standard InChI is InChI=1S/C19H20O5/c1-12-3-4-17(23-8-6-18(20)21)15(9-12)16-11-14(22-2)10-13-5-7-24-19(13)16/h3-4,9-11H,5-8H2,1-2H3,(H,20,21). The third-order valence-corrected chi connectivity index (χ3v) is 3.99. The van der Waals surface area contributed by atoms with Crippen LogP contribution in [-0.2, 0) is 11.2 Å². The summed E-state index contributed by atoms with van der Waals surface area (Å²) >= 11 is 0. The molecule has 2 aromatic carbocycles. The number of carboxylic acid groups (broad SMARTS) is 1. The molecule has 1 aliphatic heterocycles. The molecule has 0 radical (unpaired) electrons. The Kier molecular flexibility index (Phi) is 4.60. The zero-order valence-electron chi connectivity index (χ0n) is 13.8. The van der Waals surface area contributed by atoms with E-state index < -0.39 is 5.97 Å². The van der Waals surface area contributed by atoms with Gasteiger partial charge < -0.3 is 19.3 Å². The number of fused-ring (bicyclic) bond motifs is 1. The fraction of sp³-hybridized carbons (Fsp3) is 0.316. The van der Waals surface area contributed by atoms with Gasteiger partial charge in [-0.25, -0.2) is 0 Å². The van der Waals surface area contributed by atoms with Gasteiger partial charge in [0.15, 0.2) is 0 Å². The zero-order chi connectivity index (χ0) is 17.1. The molecule has 0 saturated carbocycles. The summed E-state index contributed by atoms with van der Waals surface area (Å²) in [6.07, 6.45) is 0.806. The third kappa shape index (κ3) is 3.30. The van der Waals surface area contributed by atoms with Crippen LogP contribution in [0, 0.1) is 6.92 Å². The summed E-state index contributed by atoms with van der Waals surface area (Å²) < 4.78 is 16.9. The van der Waals surface area contributed by atoms with E-state index in [9.17, 15) is 4.79 Å². The van der Waals surface area contributed by atoms with E-state index in [2.05, 4.69) is 0 Å². The van der Waals surface area contributed by atoms with Gasteiger partial charge in [-0.05, 0) is 31.2 Å². The highest BCUT2D eigenvalue weighted by atomic mass is 16.5. The summed E-state index contributed by atoms with van der Waals surface area (Å²) in [7, 11) is 1.64. The molecule has 1 aliphatic rings. The summed E-state index contributed by atoms with van der Waals surface area (Å²) in [5, 5.41) is 8.80. The normalized spacial score (nSPS) is 12.4. The summed E-state index contributed by atoms with van der Waals surface area (Å²) in [5.41, 5.74) is 4.00. The van der Waals surface area contributed by atoms with Gasteiger partial charge in [-0.3, -0.25) is 4.79 Å². The lowest BCUT2D eigenvalue weighted by Crippen LogP contribution is -2.05. The molecule has 1 heterocycles. The molecular weight excluding hydrogens is 308 g/mol. The fourth-order valence-corrected chi connectivity index (χ4v) is 2.83. The van der Waals surface area contributed by atoms with E-state index in [0.29, 0.717) is 12.4 Å². The maximum atomic E-state index is 10.7. The van der Waals surface area contributed by atoms with Crippen LogP contribution in [0.4, 0.5) is 0 Å². The second kappa shape index (κ2) is 6.83. The SMILES string of the molecule is COc1cc2c(c(-c3cc(C)ccc3OCCC(=O)O)c1)OCC2.